The van der Waals surface area contributed by atoms with Gasteiger partial charge in [-0.25, -0.2) is 4.79 Å². The second kappa shape index (κ2) is 8.59. The zero-order chi connectivity index (χ0) is 18.6. The van der Waals surface area contributed by atoms with Crippen LogP contribution in [0, 0.1) is 0 Å². The molecule has 0 aromatic carbocycles. The van der Waals surface area contributed by atoms with Crippen LogP contribution in [-0.2, 0) is 14.3 Å². The lowest BCUT2D eigenvalue weighted by Crippen LogP contribution is -2.58. The van der Waals surface area contributed by atoms with Crippen LogP contribution in [-0.4, -0.2) is 46.1 Å². The summed E-state index contributed by atoms with van der Waals surface area (Å²) in [5.74, 6) is -1.43. The van der Waals surface area contributed by atoms with Gasteiger partial charge in [0.1, 0.15) is 6.10 Å². The molecule has 0 aliphatic carbocycles. The number of nitrogens with one attached hydrogen (secondary N) is 1. The van der Waals surface area contributed by atoms with E-state index in [1.807, 2.05) is 6.92 Å². The zero-order valence-corrected chi connectivity index (χ0v) is 15.9. The summed E-state index contributed by atoms with van der Waals surface area (Å²) in [7, 11) is 0. The number of amides is 1. The van der Waals surface area contributed by atoms with Crippen LogP contribution in [0.25, 0.3) is 0 Å². The number of rotatable bonds is 1. The van der Waals surface area contributed by atoms with Crippen LogP contribution in [0.4, 0.5) is 4.79 Å². The van der Waals surface area contributed by atoms with Gasteiger partial charge < -0.3 is 19.9 Å². The van der Waals surface area contributed by atoms with E-state index in [0.717, 1.165) is 49.4 Å². The van der Waals surface area contributed by atoms with Crippen molar-refractivity contribution >= 4 is 23.0 Å². The van der Waals surface area contributed by atoms with Gasteiger partial charge in [-0.15, -0.1) is 0 Å². The average Bonchev–Trinajstić information content (AvgIpc) is 3.00. The van der Waals surface area contributed by atoms with Crippen molar-refractivity contribution < 1.29 is 24.2 Å². The Labute approximate surface area is 158 Å². The molecule has 2 N–H and O–H groups in total. The van der Waals surface area contributed by atoms with Crippen molar-refractivity contribution in [2.24, 2.45) is 0 Å². The first kappa shape index (κ1) is 19.5. The number of carbonyl (C=O) groups excluding carboxylic acids is 2. The molecule has 0 radical (unpaired) electrons. The SMILES string of the molecule is C/C1=C/C(=O)O[C@@H]2C[C@@H](CCC/C=C\CC1)O[C@@](O)([C@@H]1CSC(=O)N1)C2. The normalized spacial score (nSPS) is 39.9. The number of aliphatic hydroxyl groups is 1. The minimum atomic E-state index is -1.50. The van der Waals surface area contributed by atoms with Gasteiger partial charge >= 0.3 is 5.97 Å². The Kier molecular flexibility index (Phi) is 6.42. The van der Waals surface area contributed by atoms with Crippen molar-refractivity contribution in [3.05, 3.63) is 23.8 Å². The molecule has 7 heteroatoms. The van der Waals surface area contributed by atoms with E-state index in [1.54, 1.807) is 0 Å². The number of fused-ring (bicyclic) bond motifs is 2. The summed E-state index contributed by atoms with van der Waals surface area (Å²) in [5.41, 5.74) is 0.982. The van der Waals surface area contributed by atoms with Gasteiger partial charge in [-0.1, -0.05) is 29.5 Å². The van der Waals surface area contributed by atoms with Crippen LogP contribution in [0.2, 0.25) is 0 Å². The number of ether oxygens (including phenoxy) is 2. The second-order valence-electron chi connectivity index (χ2n) is 7.31. The Balaban J connectivity index is 1.76. The third kappa shape index (κ3) is 5.11. The van der Waals surface area contributed by atoms with Crippen molar-refractivity contribution in [2.45, 2.75) is 75.9 Å². The molecule has 2 saturated heterocycles. The lowest BCUT2D eigenvalue weighted by molar-refractivity contribution is -0.283. The van der Waals surface area contributed by atoms with Gasteiger partial charge in [0, 0.05) is 24.7 Å². The molecule has 6 nitrogen and oxygen atoms in total. The molecule has 0 saturated carbocycles. The van der Waals surface area contributed by atoms with Gasteiger partial charge in [0.15, 0.2) is 5.79 Å². The highest BCUT2D eigenvalue weighted by Crippen LogP contribution is 2.36. The number of allylic oxidation sites excluding steroid dienone is 3. The van der Waals surface area contributed by atoms with Gasteiger partial charge in [-0.3, -0.25) is 4.79 Å². The third-order valence-electron chi connectivity index (χ3n) is 5.05. The fourth-order valence-corrected chi connectivity index (χ4v) is 4.58. The predicted molar refractivity (Wildman–Crippen MR) is 99.7 cm³/mol. The molecule has 0 spiro atoms. The van der Waals surface area contributed by atoms with Crippen LogP contribution >= 0.6 is 11.8 Å². The highest BCUT2D eigenvalue weighted by molar-refractivity contribution is 8.14. The molecule has 26 heavy (non-hydrogen) atoms. The van der Waals surface area contributed by atoms with Crippen LogP contribution < -0.4 is 5.32 Å². The molecule has 3 aliphatic rings. The van der Waals surface area contributed by atoms with Crippen LogP contribution in [0.3, 0.4) is 0 Å². The number of hydrogen-bond donors (Lipinski definition) is 2. The Hall–Kier alpha value is -1.31. The van der Waals surface area contributed by atoms with Crippen molar-refractivity contribution in [3.8, 4) is 0 Å². The smallest absolute Gasteiger partial charge is 0.330 e. The topological polar surface area (TPSA) is 84.9 Å². The second-order valence-corrected chi connectivity index (χ2v) is 8.30. The number of carbonyl (C=O) groups is 2. The largest absolute Gasteiger partial charge is 0.459 e. The number of thioether (sulfide) groups is 1. The molecule has 3 rings (SSSR count). The van der Waals surface area contributed by atoms with Gasteiger partial charge in [0.25, 0.3) is 5.24 Å². The van der Waals surface area contributed by atoms with E-state index in [0.29, 0.717) is 12.2 Å². The summed E-state index contributed by atoms with van der Waals surface area (Å²) in [6.45, 7) is 1.93. The summed E-state index contributed by atoms with van der Waals surface area (Å²) < 4.78 is 11.6. The van der Waals surface area contributed by atoms with Gasteiger partial charge in [0.2, 0.25) is 0 Å². The molecule has 0 aromatic rings. The van der Waals surface area contributed by atoms with Crippen molar-refractivity contribution in [1.29, 1.82) is 0 Å². The number of esters is 1. The fraction of sp³-hybridized carbons (Fsp3) is 0.684. The van der Waals surface area contributed by atoms with E-state index in [4.69, 9.17) is 9.47 Å². The van der Waals surface area contributed by atoms with E-state index in [9.17, 15) is 14.7 Å². The molecule has 0 aromatic heterocycles. The highest BCUT2D eigenvalue weighted by atomic mass is 32.2. The van der Waals surface area contributed by atoms with E-state index < -0.39 is 17.9 Å². The average molecular weight is 381 g/mol. The first-order valence-electron chi connectivity index (χ1n) is 9.31. The fourth-order valence-electron chi connectivity index (χ4n) is 3.69. The Bertz CT molecular complexity index is 605. The van der Waals surface area contributed by atoms with E-state index in [2.05, 4.69) is 17.5 Å². The molecule has 2 bridgehead atoms. The van der Waals surface area contributed by atoms with Crippen LogP contribution in [0.15, 0.2) is 23.8 Å². The first-order valence-corrected chi connectivity index (χ1v) is 10.3. The molecule has 2 fully saturated rings. The molecule has 3 aliphatic heterocycles. The van der Waals surface area contributed by atoms with Crippen molar-refractivity contribution in [3.63, 3.8) is 0 Å². The summed E-state index contributed by atoms with van der Waals surface area (Å²) in [6, 6.07) is -0.486. The zero-order valence-electron chi connectivity index (χ0n) is 15.1. The summed E-state index contributed by atoms with van der Waals surface area (Å²) in [4.78, 5) is 23.8. The molecule has 1 amide bonds. The van der Waals surface area contributed by atoms with Crippen molar-refractivity contribution in [1.82, 2.24) is 5.32 Å². The molecule has 0 unspecified atom stereocenters. The van der Waals surface area contributed by atoms with Crippen molar-refractivity contribution in [2.75, 3.05) is 5.75 Å². The van der Waals surface area contributed by atoms with E-state index >= 15 is 0 Å². The monoisotopic (exact) mass is 381 g/mol. The molecular weight excluding hydrogens is 354 g/mol. The number of hydrogen-bond acceptors (Lipinski definition) is 6. The maximum atomic E-state index is 12.2. The maximum Gasteiger partial charge on any atom is 0.330 e. The molecule has 144 valence electrons. The first-order chi connectivity index (χ1) is 12.4. The quantitative estimate of drug-likeness (QED) is 0.536. The van der Waals surface area contributed by atoms with Gasteiger partial charge in [-0.05, 0) is 39.0 Å². The minimum Gasteiger partial charge on any atom is -0.459 e. The lowest BCUT2D eigenvalue weighted by atomic mass is 9.91. The third-order valence-corrected chi connectivity index (χ3v) is 5.93. The van der Waals surface area contributed by atoms with Gasteiger partial charge in [-0.2, -0.15) is 0 Å². The Morgan fingerprint density at radius 3 is 2.85 bits per heavy atom. The Morgan fingerprint density at radius 2 is 2.08 bits per heavy atom. The Morgan fingerprint density at radius 1 is 1.27 bits per heavy atom. The summed E-state index contributed by atoms with van der Waals surface area (Å²) in [5, 5.41) is 13.7. The van der Waals surface area contributed by atoms with E-state index in [1.165, 1.54) is 6.08 Å². The summed E-state index contributed by atoms with van der Waals surface area (Å²) in [6.07, 6.45) is 10.4. The van der Waals surface area contributed by atoms with Gasteiger partial charge in [0.05, 0.1) is 12.1 Å². The molecular formula is C19H27NO5S. The van der Waals surface area contributed by atoms with E-state index in [-0.39, 0.29) is 23.7 Å². The molecule has 3 heterocycles. The summed E-state index contributed by atoms with van der Waals surface area (Å²) >= 11 is 1.14. The van der Waals surface area contributed by atoms with Crippen LogP contribution in [0.5, 0.6) is 0 Å². The highest BCUT2D eigenvalue weighted by Gasteiger charge is 2.49. The molecule has 4 atom stereocenters. The maximum absolute atomic E-state index is 12.2. The lowest BCUT2D eigenvalue weighted by Gasteiger charge is -2.43. The van der Waals surface area contributed by atoms with Crippen LogP contribution in [0.1, 0.15) is 51.9 Å². The minimum absolute atomic E-state index is 0.159. The standard InChI is InChI=1S/C19H27NO5S/c1-13-7-5-3-2-4-6-8-14-10-15(24-17(21)9-13)11-19(23,25-14)16-12-26-18(22)20-16/h2-3,9,14-16,23H,4-8,10-12H2,1H3,(H,20,22)/b3-2-,13-9-/t14-,15-,16+,19-/m1/s1. The predicted octanol–water partition coefficient (Wildman–Crippen LogP) is 3.06.